The summed E-state index contributed by atoms with van der Waals surface area (Å²) in [6.45, 7) is 3.14. The molecule has 27 heavy (non-hydrogen) atoms. The molecule has 2 aromatic heterocycles. The number of carbonyl (C=O) groups is 1. The van der Waals surface area contributed by atoms with Gasteiger partial charge >= 0.3 is 0 Å². The highest BCUT2D eigenvalue weighted by atomic mass is 32.1. The third-order valence-corrected chi connectivity index (χ3v) is 5.32. The van der Waals surface area contributed by atoms with E-state index in [9.17, 15) is 4.79 Å². The Morgan fingerprint density at radius 1 is 1.26 bits per heavy atom. The van der Waals surface area contributed by atoms with E-state index in [1.54, 1.807) is 20.2 Å². The molecule has 2 aromatic rings. The Labute approximate surface area is 159 Å². The number of amides is 1. The van der Waals surface area contributed by atoms with Crippen molar-refractivity contribution in [3.8, 4) is 0 Å². The topological polar surface area (TPSA) is 99.1 Å². The molecule has 0 unspecified atom stereocenters. The number of aromatic nitrogens is 4. The van der Waals surface area contributed by atoms with Gasteiger partial charge in [-0.2, -0.15) is 0 Å². The Morgan fingerprint density at radius 2 is 2.15 bits per heavy atom. The summed E-state index contributed by atoms with van der Waals surface area (Å²) in [7, 11) is 1.63. The standard InChI is InChI=1S/C18H19N5O3S/c1-10-22-23-18(27-10)17(24)21-14-9-19-15-12(11-5-7-26-8-6-11)3-4-13(25-2)16(15)20-14/h5,9H,3-4,6-8H2,1-2H3,(H,20,21,24). The monoisotopic (exact) mass is 385 g/mol. The van der Waals surface area contributed by atoms with Crippen LogP contribution in [0.1, 0.15) is 34.1 Å². The number of methoxy groups -OCH3 is 1. The number of rotatable bonds is 4. The minimum absolute atomic E-state index is 0.294. The van der Waals surface area contributed by atoms with Gasteiger partial charge in [0.2, 0.25) is 5.01 Å². The zero-order valence-electron chi connectivity index (χ0n) is 15.1. The number of fused-ring (bicyclic) bond motifs is 1. The Hall–Kier alpha value is -2.65. The molecule has 8 nitrogen and oxygen atoms in total. The number of hydrogen-bond donors (Lipinski definition) is 1. The van der Waals surface area contributed by atoms with E-state index in [0.717, 1.165) is 35.4 Å². The molecule has 1 aliphatic carbocycles. The third kappa shape index (κ3) is 3.60. The molecule has 0 bridgehead atoms. The maximum atomic E-state index is 12.3. The van der Waals surface area contributed by atoms with Gasteiger partial charge in [0.15, 0.2) is 5.82 Å². The normalized spacial score (nSPS) is 16.6. The van der Waals surface area contributed by atoms with Crippen molar-refractivity contribution in [3.05, 3.63) is 38.6 Å². The first kappa shape index (κ1) is 17.7. The number of aryl methyl sites for hydroxylation is 1. The first-order chi connectivity index (χ1) is 13.2. The predicted octanol–water partition coefficient (Wildman–Crippen LogP) is 0.935. The molecule has 2 aliphatic rings. The molecular weight excluding hydrogens is 366 g/mol. The van der Waals surface area contributed by atoms with Crippen LogP contribution in [0, 0.1) is 6.92 Å². The van der Waals surface area contributed by atoms with E-state index in [1.165, 1.54) is 22.5 Å². The third-order valence-electron chi connectivity index (χ3n) is 4.48. The van der Waals surface area contributed by atoms with E-state index in [-0.39, 0.29) is 5.91 Å². The number of nitrogens with zero attached hydrogens (tertiary/aromatic N) is 4. The quantitative estimate of drug-likeness (QED) is 0.836. The second kappa shape index (κ2) is 7.53. The molecule has 3 heterocycles. The molecule has 0 saturated carbocycles. The lowest BCUT2D eigenvalue weighted by molar-refractivity contribution is 0.102. The summed E-state index contributed by atoms with van der Waals surface area (Å²) in [6, 6.07) is 0. The molecule has 1 amide bonds. The molecule has 0 atom stereocenters. The SMILES string of the molecule is COC1=c2nc(NC(=O)c3nnc(C)s3)cnc2=C(C2=CCOCC2)CC1. The predicted molar refractivity (Wildman–Crippen MR) is 100 cm³/mol. The smallest absolute Gasteiger partial charge is 0.287 e. The molecule has 0 aromatic carbocycles. The van der Waals surface area contributed by atoms with Crippen LogP contribution in [-0.2, 0) is 9.47 Å². The van der Waals surface area contributed by atoms with E-state index in [2.05, 4.69) is 31.6 Å². The zero-order chi connectivity index (χ0) is 18.8. The summed E-state index contributed by atoms with van der Waals surface area (Å²) in [4.78, 5) is 21.5. The van der Waals surface area contributed by atoms with Gasteiger partial charge in [-0.1, -0.05) is 17.4 Å². The fourth-order valence-electron chi connectivity index (χ4n) is 3.21. The number of anilines is 1. The molecular formula is C18H19N5O3S. The lowest BCUT2D eigenvalue weighted by atomic mass is 9.93. The van der Waals surface area contributed by atoms with Crippen molar-refractivity contribution in [2.24, 2.45) is 0 Å². The first-order valence-electron chi connectivity index (χ1n) is 8.67. The Balaban J connectivity index is 1.74. The summed E-state index contributed by atoms with van der Waals surface area (Å²) >= 11 is 1.23. The minimum Gasteiger partial charge on any atom is -0.499 e. The largest absolute Gasteiger partial charge is 0.499 e. The Morgan fingerprint density at radius 3 is 2.85 bits per heavy atom. The van der Waals surface area contributed by atoms with Crippen molar-refractivity contribution >= 4 is 34.4 Å². The number of carbonyl (C=O) groups excluding carboxylic acids is 1. The Kier molecular flexibility index (Phi) is 4.95. The van der Waals surface area contributed by atoms with Gasteiger partial charge in [-0.3, -0.25) is 9.78 Å². The van der Waals surface area contributed by atoms with E-state index < -0.39 is 0 Å². The van der Waals surface area contributed by atoms with Gasteiger partial charge in [-0.25, -0.2) is 4.98 Å². The van der Waals surface area contributed by atoms with Crippen LogP contribution >= 0.6 is 11.3 Å². The average Bonchev–Trinajstić information content (AvgIpc) is 3.14. The molecule has 0 radical (unpaired) electrons. The minimum atomic E-state index is -0.346. The number of hydrogen-bond acceptors (Lipinski definition) is 8. The average molecular weight is 385 g/mol. The van der Waals surface area contributed by atoms with Crippen molar-refractivity contribution in [1.82, 2.24) is 20.2 Å². The van der Waals surface area contributed by atoms with Crippen LogP contribution in [-0.4, -0.2) is 46.4 Å². The summed E-state index contributed by atoms with van der Waals surface area (Å²) in [5.41, 5.74) is 2.44. The van der Waals surface area contributed by atoms with Gasteiger partial charge in [0.25, 0.3) is 5.91 Å². The fourth-order valence-corrected chi connectivity index (χ4v) is 3.80. The molecule has 1 aliphatic heterocycles. The van der Waals surface area contributed by atoms with Gasteiger partial charge in [-0.05, 0) is 30.9 Å². The van der Waals surface area contributed by atoms with E-state index in [1.807, 2.05) is 0 Å². The van der Waals surface area contributed by atoms with E-state index in [0.29, 0.717) is 29.4 Å². The molecule has 140 valence electrons. The summed E-state index contributed by atoms with van der Waals surface area (Å²) in [5, 5.41) is 13.0. The van der Waals surface area contributed by atoms with Crippen molar-refractivity contribution < 1.29 is 14.3 Å². The number of ether oxygens (including phenoxy) is 2. The summed E-state index contributed by atoms with van der Waals surface area (Å²) in [5.74, 6) is 0.793. The molecule has 9 heteroatoms. The van der Waals surface area contributed by atoms with Crippen LogP contribution in [0.3, 0.4) is 0 Å². The second-order valence-electron chi connectivity index (χ2n) is 6.19. The summed E-state index contributed by atoms with van der Waals surface area (Å²) in [6.07, 6.45) is 6.15. The molecule has 0 spiro atoms. The van der Waals surface area contributed by atoms with Gasteiger partial charge in [-0.15, -0.1) is 10.2 Å². The Bertz CT molecular complexity index is 1040. The second-order valence-corrected chi connectivity index (χ2v) is 7.37. The van der Waals surface area contributed by atoms with Gasteiger partial charge in [0.1, 0.15) is 16.1 Å². The molecule has 0 saturated heterocycles. The maximum Gasteiger partial charge on any atom is 0.287 e. The van der Waals surface area contributed by atoms with Gasteiger partial charge in [0, 0.05) is 6.42 Å². The fraction of sp³-hybridized carbons (Fsp3) is 0.389. The highest BCUT2D eigenvalue weighted by Gasteiger charge is 2.19. The van der Waals surface area contributed by atoms with Crippen LogP contribution < -0.4 is 16.0 Å². The first-order valence-corrected chi connectivity index (χ1v) is 9.49. The lowest BCUT2D eigenvalue weighted by Gasteiger charge is -2.20. The van der Waals surface area contributed by atoms with Crippen LogP contribution in [0.15, 0.2) is 17.8 Å². The van der Waals surface area contributed by atoms with Crippen molar-refractivity contribution in [1.29, 1.82) is 0 Å². The van der Waals surface area contributed by atoms with Crippen molar-refractivity contribution in [2.75, 3.05) is 25.6 Å². The lowest BCUT2D eigenvalue weighted by Crippen LogP contribution is -2.39. The van der Waals surface area contributed by atoms with Crippen LogP contribution in [0.5, 0.6) is 0 Å². The molecule has 1 N–H and O–H groups in total. The van der Waals surface area contributed by atoms with E-state index in [4.69, 9.17) is 9.47 Å². The zero-order valence-corrected chi connectivity index (χ0v) is 15.9. The van der Waals surface area contributed by atoms with E-state index >= 15 is 0 Å². The van der Waals surface area contributed by atoms with Crippen molar-refractivity contribution in [2.45, 2.75) is 26.2 Å². The highest BCUT2D eigenvalue weighted by Crippen LogP contribution is 2.25. The van der Waals surface area contributed by atoms with Crippen LogP contribution in [0.2, 0.25) is 0 Å². The van der Waals surface area contributed by atoms with Gasteiger partial charge in [0.05, 0.1) is 31.9 Å². The summed E-state index contributed by atoms with van der Waals surface area (Å²) < 4.78 is 10.9. The highest BCUT2D eigenvalue weighted by molar-refractivity contribution is 7.13. The molecule has 4 rings (SSSR count). The van der Waals surface area contributed by atoms with Crippen LogP contribution in [0.4, 0.5) is 5.82 Å². The van der Waals surface area contributed by atoms with Gasteiger partial charge < -0.3 is 14.8 Å². The van der Waals surface area contributed by atoms with Crippen molar-refractivity contribution in [3.63, 3.8) is 0 Å². The van der Waals surface area contributed by atoms with Crippen LogP contribution in [0.25, 0.3) is 11.3 Å². The maximum absolute atomic E-state index is 12.3. The number of nitrogens with one attached hydrogen (secondary N) is 1. The molecule has 0 fully saturated rings.